The normalized spacial score (nSPS) is 11.5. The van der Waals surface area contributed by atoms with Crippen molar-refractivity contribution >= 4 is 17.2 Å². The van der Waals surface area contributed by atoms with E-state index in [-0.39, 0.29) is 0 Å². The number of pyridine rings is 1. The highest BCUT2D eigenvalue weighted by atomic mass is 15.2. The Morgan fingerprint density at radius 2 is 1.70 bits per heavy atom. The smallest absolute Gasteiger partial charge is 0.187 e. The molecular weight excluding hydrogens is 332 g/mol. The Hall–Kier alpha value is -3.27. The van der Waals surface area contributed by atoms with Gasteiger partial charge in [0.2, 0.25) is 0 Å². The number of rotatable bonds is 4. The van der Waals surface area contributed by atoms with Crippen LogP contribution < -0.4 is 0 Å². The number of hydrogen-bond acceptors (Lipinski definition) is 3. The van der Waals surface area contributed by atoms with Gasteiger partial charge in [0.25, 0.3) is 0 Å². The zero-order valence-electron chi connectivity index (χ0n) is 15.8. The van der Waals surface area contributed by atoms with E-state index in [1.807, 2.05) is 34.9 Å². The van der Waals surface area contributed by atoms with E-state index in [1.165, 1.54) is 16.7 Å². The molecule has 0 aliphatic rings. The maximum atomic E-state index is 4.79. The molecule has 27 heavy (non-hydrogen) atoms. The molecule has 0 bridgehead atoms. The summed E-state index contributed by atoms with van der Waals surface area (Å²) in [6.45, 7) is 6.34. The maximum absolute atomic E-state index is 4.79. The molecule has 0 N–H and O–H groups in total. The number of benzene rings is 2. The van der Waals surface area contributed by atoms with Crippen LogP contribution in [0.25, 0.3) is 16.9 Å². The van der Waals surface area contributed by atoms with Gasteiger partial charge in [0, 0.05) is 11.8 Å². The van der Waals surface area contributed by atoms with Crippen LogP contribution in [-0.2, 0) is 6.42 Å². The third-order valence-corrected chi connectivity index (χ3v) is 4.89. The summed E-state index contributed by atoms with van der Waals surface area (Å²) in [7, 11) is 0. The molecule has 0 saturated heterocycles. The zero-order valence-corrected chi connectivity index (χ0v) is 15.8. The Bertz CT molecular complexity index is 1120. The van der Waals surface area contributed by atoms with Gasteiger partial charge in [-0.3, -0.25) is 4.40 Å². The van der Waals surface area contributed by atoms with Crippen LogP contribution in [0.2, 0.25) is 0 Å². The van der Waals surface area contributed by atoms with Gasteiger partial charge in [-0.15, -0.1) is 10.2 Å². The fourth-order valence-electron chi connectivity index (χ4n) is 3.06. The van der Waals surface area contributed by atoms with Crippen LogP contribution in [0, 0.1) is 13.8 Å². The second-order valence-electron chi connectivity index (χ2n) is 6.73. The Morgan fingerprint density at radius 1 is 0.889 bits per heavy atom. The summed E-state index contributed by atoms with van der Waals surface area (Å²) in [5, 5.41) is 9.06. The van der Waals surface area contributed by atoms with E-state index < -0.39 is 0 Å². The number of azo groups is 1. The summed E-state index contributed by atoms with van der Waals surface area (Å²) >= 11 is 0. The van der Waals surface area contributed by atoms with Crippen LogP contribution in [0.4, 0.5) is 11.5 Å². The van der Waals surface area contributed by atoms with E-state index in [0.29, 0.717) is 0 Å². The minimum absolute atomic E-state index is 0.744. The average molecular weight is 354 g/mol. The summed E-state index contributed by atoms with van der Waals surface area (Å²) in [6, 6.07) is 20.6. The Balaban J connectivity index is 1.82. The molecule has 4 heteroatoms. The lowest BCUT2D eigenvalue weighted by Crippen LogP contribution is -1.83. The van der Waals surface area contributed by atoms with Gasteiger partial charge >= 0.3 is 0 Å². The quantitative estimate of drug-likeness (QED) is 0.381. The molecule has 4 aromatic rings. The van der Waals surface area contributed by atoms with E-state index >= 15 is 0 Å². The van der Waals surface area contributed by atoms with Crippen LogP contribution in [0.1, 0.15) is 23.6 Å². The molecule has 0 saturated carbocycles. The van der Waals surface area contributed by atoms with Crippen LogP contribution in [0.3, 0.4) is 0 Å². The fraction of sp³-hybridized carbons (Fsp3) is 0.174. The molecular formula is C23H22N4. The second kappa shape index (κ2) is 7.16. The van der Waals surface area contributed by atoms with Gasteiger partial charge in [-0.2, -0.15) is 0 Å². The van der Waals surface area contributed by atoms with Crippen LogP contribution in [0.15, 0.2) is 77.1 Å². The zero-order chi connectivity index (χ0) is 18.8. The first-order chi connectivity index (χ1) is 13.2. The van der Waals surface area contributed by atoms with Crippen molar-refractivity contribution in [3.63, 3.8) is 0 Å². The molecule has 0 aliphatic carbocycles. The second-order valence-corrected chi connectivity index (χ2v) is 6.73. The van der Waals surface area contributed by atoms with E-state index in [9.17, 15) is 0 Å². The SMILES string of the molecule is CCc1ccc(-c2nc3ccccn3c2N=Nc2ccc(C)c(C)c2)cc1. The number of aryl methyl sites for hydroxylation is 3. The summed E-state index contributed by atoms with van der Waals surface area (Å²) in [5.41, 5.74) is 7.36. The Morgan fingerprint density at radius 3 is 2.44 bits per heavy atom. The van der Waals surface area contributed by atoms with Crippen molar-refractivity contribution in [3.8, 4) is 11.3 Å². The third kappa shape index (κ3) is 3.38. The van der Waals surface area contributed by atoms with E-state index in [2.05, 4.69) is 67.4 Å². The van der Waals surface area contributed by atoms with Crippen molar-refractivity contribution in [2.24, 2.45) is 10.2 Å². The van der Waals surface area contributed by atoms with Crippen molar-refractivity contribution in [3.05, 3.63) is 83.6 Å². The van der Waals surface area contributed by atoms with Crippen molar-refractivity contribution < 1.29 is 0 Å². The van der Waals surface area contributed by atoms with Gasteiger partial charge in [0.05, 0.1) is 5.69 Å². The van der Waals surface area contributed by atoms with Gasteiger partial charge in [0.15, 0.2) is 5.82 Å². The lowest BCUT2D eigenvalue weighted by molar-refractivity contribution is 1.10. The van der Waals surface area contributed by atoms with Gasteiger partial charge in [-0.25, -0.2) is 4.98 Å². The first-order valence-electron chi connectivity index (χ1n) is 9.21. The summed E-state index contributed by atoms with van der Waals surface area (Å²) in [4.78, 5) is 4.79. The van der Waals surface area contributed by atoms with E-state index in [1.54, 1.807) is 0 Å². The largest absolute Gasteiger partial charge is 0.283 e. The number of aromatic nitrogens is 2. The molecule has 0 amide bonds. The molecule has 0 spiro atoms. The van der Waals surface area contributed by atoms with E-state index in [0.717, 1.165) is 34.8 Å². The number of hydrogen-bond donors (Lipinski definition) is 0. The topological polar surface area (TPSA) is 42.0 Å². The lowest BCUT2D eigenvalue weighted by atomic mass is 10.1. The van der Waals surface area contributed by atoms with Crippen molar-refractivity contribution in [1.82, 2.24) is 9.38 Å². The minimum atomic E-state index is 0.744. The monoisotopic (exact) mass is 354 g/mol. The average Bonchev–Trinajstić information content (AvgIpc) is 3.07. The Kier molecular flexibility index (Phi) is 4.55. The van der Waals surface area contributed by atoms with Gasteiger partial charge in [0.1, 0.15) is 11.3 Å². The number of fused-ring (bicyclic) bond motifs is 1. The van der Waals surface area contributed by atoms with Crippen LogP contribution in [-0.4, -0.2) is 9.38 Å². The predicted octanol–water partition coefficient (Wildman–Crippen LogP) is 6.60. The Labute approximate surface area is 159 Å². The van der Waals surface area contributed by atoms with Gasteiger partial charge in [-0.1, -0.05) is 43.3 Å². The molecule has 4 rings (SSSR count). The minimum Gasteiger partial charge on any atom is -0.283 e. The summed E-state index contributed by atoms with van der Waals surface area (Å²) < 4.78 is 1.98. The number of nitrogens with zero attached hydrogens (tertiary/aromatic N) is 4. The first-order valence-corrected chi connectivity index (χ1v) is 9.21. The molecule has 0 aliphatic heterocycles. The maximum Gasteiger partial charge on any atom is 0.187 e. The highest BCUT2D eigenvalue weighted by molar-refractivity contribution is 5.74. The molecule has 0 fully saturated rings. The lowest BCUT2D eigenvalue weighted by Gasteiger charge is -2.02. The molecule has 134 valence electrons. The highest BCUT2D eigenvalue weighted by Gasteiger charge is 2.13. The summed E-state index contributed by atoms with van der Waals surface area (Å²) in [6.07, 6.45) is 2.99. The first kappa shape index (κ1) is 17.2. The van der Waals surface area contributed by atoms with Gasteiger partial charge in [-0.05, 0) is 61.2 Å². The third-order valence-electron chi connectivity index (χ3n) is 4.89. The molecule has 0 radical (unpaired) electrons. The van der Waals surface area contributed by atoms with Crippen LogP contribution >= 0.6 is 0 Å². The van der Waals surface area contributed by atoms with Crippen molar-refractivity contribution in [2.45, 2.75) is 27.2 Å². The van der Waals surface area contributed by atoms with E-state index in [4.69, 9.17) is 4.98 Å². The number of imidazole rings is 1. The fourth-order valence-corrected chi connectivity index (χ4v) is 3.06. The van der Waals surface area contributed by atoms with Crippen molar-refractivity contribution in [1.29, 1.82) is 0 Å². The molecule has 4 nitrogen and oxygen atoms in total. The molecule has 0 unspecified atom stereocenters. The van der Waals surface area contributed by atoms with Crippen LogP contribution in [0.5, 0.6) is 0 Å². The molecule has 2 aromatic carbocycles. The standard InChI is InChI=1S/C23H22N4/c1-4-18-9-11-19(12-10-18)22-23(27-14-6-5-7-21(27)24-22)26-25-20-13-8-16(2)17(3)15-20/h5-15H,4H2,1-3H3. The van der Waals surface area contributed by atoms with Crippen molar-refractivity contribution in [2.75, 3.05) is 0 Å². The summed E-state index contributed by atoms with van der Waals surface area (Å²) in [5.74, 6) is 0.744. The highest BCUT2D eigenvalue weighted by Crippen LogP contribution is 2.32. The molecule has 2 heterocycles. The molecule has 0 atom stereocenters. The molecule has 2 aromatic heterocycles. The van der Waals surface area contributed by atoms with Gasteiger partial charge < -0.3 is 0 Å². The predicted molar refractivity (Wildman–Crippen MR) is 110 cm³/mol.